The summed E-state index contributed by atoms with van der Waals surface area (Å²) < 4.78 is 27.7. The lowest BCUT2D eigenvalue weighted by Crippen LogP contribution is -2.48. The Balaban J connectivity index is 1.42. The van der Waals surface area contributed by atoms with Crippen molar-refractivity contribution < 1.29 is 8.42 Å². The zero-order chi connectivity index (χ0) is 18.7. The Morgan fingerprint density at radius 3 is 2.00 bits per heavy atom. The number of hydrogen-bond donors (Lipinski definition) is 0. The van der Waals surface area contributed by atoms with Crippen molar-refractivity contribution in [2.75, 3.05) is 31.1 Å². The molecule has 0 aromatic heterocycles. The standard InChI is InChI=1S/C22H28N2O2S/c25-27(26,22-13-11-20(12-14-22)19-7-3-1-4-8-19)24-17-15-23(16-18-24)21-9-5-2-6-10-21/h2,5-6,9-14,19H,1,3-4,7-8,15-18H2. The van der Waals surface area contributed by atoms with Crippen LogP contribution >= 0.6 is 0 Å². The first kappa shape index (κ1) is 18.5. The topological polar surface area (TPSA) is 40.6 Å². The van der Waals surface area contributed by atoms with Crippen LogP contribution in [0.2, 0.25) is 0 Å². The maximum Gasteiger partial charge on any atom is 0.243 e. The molecule has 2 aromatic rings. The molecular formula is C22H28N2O2S. The first-order chi connectivity index (χ1) is 13.1. The third-order valence-corrected chi connectivity index (χ3v) is 7.87. The predicted molar refractivity (Wildman–Crippen MR) is 110 cm³/mol. The van der Waals surface area contributed by atoms with Crippen LogP contribution in [0.25, 0.3) is 0 Å². The summed E-state index contributed by atoms with van der Waals surface area (Å²) in [6.45, 7) is 2.51. The van der Waals surface area contributed by atoms with E-state index < -0.39 is 10.0 Å². The molecule has 144 valence electrons. The van der Waals surface area contributed by atoms with Gasteiger partial charge in [-0.05, 0) is 48.6 Å². The van der Waals surface area contributed by atoms with E-state index in [1.165, 1.54) is 37.7 Å². The van der Waals surface area contributed by atoms with Crippen molar-refractivity contribution in [2.24, 2.45) is 0 Å². The van der Waals surface area contributed by atoms with Crippen LogP contribution in [0.15, 0.2) is 59.5 Å². The van der Waals surface area contributed by atoms with E-state index in [-0.39, 0.29) is 0 Å². The summed E-state index contributed by atoms with van der Waals surface area (Å²) in [5, 5.41) is 0. The summed E-state index contributed by atoms with van der Waals surface area (Å²) in [4.78, 5) is 2.67. The molecule has 2 fully saturated rings. The second-order valence-corrected chi connectivity index (χ2v) is 9.57. The van der Waals surface area contributed by atoms with Crippen molar-refractivity contribution in [1.29, 1.82) is 0 Å². The van der Waals surface area contributed by atoms with Gasteiger partial charge in [-0.2, -0.15) is 4.31 Å². The van der Waals surface area contributed by atoms with Gasteiger partial charge in [-0.1, -0.05) is 49.6 Å². The molecule has 2 aliphatic rings. The molecule has 5 heteroatoms. The van der Waals surface area contributed by atoms with Gasteiger partial charge in [-0.15, -0.1) is 0 Å². The zero-order valence-corrected chi connectivity index (χ0v) is 16.6. The molecule has 1 aliphatic heterocycles. The molecule has 0 spiro atoms. The summed E-state index contributed by atoms with van der Waals surface area (Å²) >= 11 is 0. The molecule has 1 saturated heterocycles. The third-order valence-electron chi connectivity index (χ3n) is 5.95. The van der Waals surface area contributed by atoms with Crippen LogP contribution in [0.4, 0.5) is 5.69 Å². The number of hydrogen-bond acceptors (Lipinski definition) is 3. The Morgan fingerprint density at radius 1 is 0.741 bits per heavy atom. The largest absolute Gasteiger partial charge is 0.369 e. The monoisotopic (exact) mass is 384 g/mol. The fraction of sp³-hybridized carbons (Fsp3) is 0.455. The molecule has 0 N–H and O–H groups in total. The minimum atomic E-state index is -3.41. The van der Waals surface area contributed by atoms with E-state index >= 15 is 0 Å². The van der Waals surface area contributed by atoms with Gasteiger partial charge >= 0.3 is 0 Å². The highest BCUT2D eigenvalue weighted by atomic mass is 32.2. The smallest absolute Gasteiger partial charge is 0.243 e. The molecule has 1 saturated carbocycles. The number of nitrogens with zero attached hydrogens (tertiary/aromatic N) is 2. The summed E-state index contributed by atoms with van der Waals surface area (Å²) in [6.07, 6.45) is 6.37. The lowest BCUT2D eigenvalue weighted by atomic mass is 9.84. The molecule has 2 aromatic carbocycles. The lowest BCUT2D eigenvalue weighted by Gasteiger charge is -2.35. The first-order valence-corrected chi connectivity index (χ1v) is 11.5. The van der Waals surface area contributed by atoms with Crippen LogP contribution in [-0.2, 0) is 10.0 Å². The summed E-state index contributed by atoms with van der Waals surface area (Å²) in [5.74, 6) is 0.602. The van der Waals surface area contributed by atoms with Crippen molar-refractivity contribution in [2.45, 2.75) is 42.9 Å². The number of benzene rings is 2. The van der Waals surface area contributed by atoms with E-state index in [9.17, 15) is 8.42 Å². The van der Waals surface area contributed by atoms with Crippen LogP contribution in [0.1, 0.15) is 43.6 Å². The van der Waals surface area contributed by atoms with Gasteiger partial charge < -0.3 is 4.90 Å². The predicted octanol–water partition coefficient (Wildman–Crippen LogP) is 4.25. The number of sulfonamides is 1. The SMILES string of the molecule is O=S(=O)(c1ccc(C2CCCCC2)cc1)N1CCN(c2ccccc2)CC1. The van der Waals surface area contributed by atoms with Gasteiger partial charge in [-0.25, -0.2) is 8.42 Å². The molecule has 1 heterocycles. The van der Waals surface area contributed by atoms with E-state index in [0.717, 1.165) is 18.8 Å². The first-order valence-electron chi connectivity index (χ1n) is 10.0. The van der Waals surface area contributed by atoms with E-state index in [0.29, 0.717) is 23.9 Å². The number of para-hydroxylation sites is 1. The second-order valence-electron chi connectivity index (χ2n) is 7.63. The normalized spacial score (nSPS) is 19.9. The second kappa shape index (κ2) is 8.03. The molecule has 27 heavy (non-hydrogen) atoms. The molecule has 0 atom stereocenters. The molecule has 0 unspecified atom stereocenters. The molecule has 0 radical (unpaired) electrons. The highest BCUT2D eigenvalue weighted by molar-refractivity contribution is 7.89. The van der Waals surface area contributed by atoms with Crippen LogP contribution in [0, 0.1) is 0 Å². The fourth-order valence-corrected chi connectivity index (χ4v) is 5.74. The number of piperazine rings is 1. The van der Waals surface area contributed by atoms with Gasteiger partial charge in [0.15, 0.2) is 0 Å². The van der Waals surface area contributed by atoms with Crippen LogP contribution in [0.5, 0.6) is 0 Å². The van der Waals surface area contributed by atoms with Crippen molar-refractivity contribution in [3.05, 3.63) is 60.2 Å². The van der Waals surface area contributed by atoms with Crippen LogP contribution in [-0.4, -0.2) is 38.9 Å². The van der Waals surface area contributed by atoms with Gasteiger partial charge in [0.05, 0.1) is 4.90 Å². The van der Waals surface area contributed by atoms with Gasteiger partial charge in [0, 0.05) is 31.9 Å². The average molecular weight is 385 g/mol. The van der Waals surface area contributed by atoms with Crippen molar-refractivity contribution in [1.82, 2.24) is 4.31 Å². The molecular weight excluding hydrogens is 356 g/mol. The Bertz CT molecular complexity index is 836. The molecule has 0 bridgehead atoms. The Labute approximate surface area is 162 Å². The molecule has 1 aliphatic carbocycles. The van der Waals surface area contributed by atoms with E-state index in [2.05, 4.69) is 17.0 Å². The number of rotatable bonds is 4. The van der Waals surface area contributed by atoms with Crippen molar-refractivity contribution in [3.8, 4) is 0 Å². The summed E-state index contributed by atoms with van der Waals surface area (Å²) in [6, 6.07) is 17.9. The minimum absolute atomic E-state index is 0.426. The number of anilines is 1. The molecule has 4 nitrogen and oxygen atoms in total. The Morgan fingerprint density at radius 2 is 1.37 bits per heavy atom. The molecule has 4 rings (SSSR count). The van der Waals surface area contributed by atoms with E-state index in [4.69, 9.17) is 0 Å². The lowest BCUT2D eigenvalue weighted by molar-refractivity contribution is 0.385. The van der Waals surface area contributed by atoms with Gasteiger partial charge in [-0.3, -0.25) is 0 Å². The van der Waals surface area contributed by atoms with Crippen LogP contribution in [0.3, 0.4) is 0 Å². The van der Waals surface area contributed by atoms with Crippen LogP contribution < -0.4 is 4.90 Å². The third kappa shape index (κ3) is 4.04. The van der Waals surface area contributed by atoms with Crippen molar-refractivity contribution in [3.63, 3.8) is 0 Å². The minimum Gasteiger partial charge on any atom is -0.369 e. The summed E-state index contributed by atoms with van der Waals surface area (Å²) in [5.41, 5.74) is 2.45. The highest BCUT2D eigenvalue weighted by Gasteiger charge is 2.28. The average Bonchev–Trinajstić information content (AvgIpc) is 2.75. The fourth-order valence-electron chi connectivity index (χ4n) is 4.32. The Hall–Kier alpha value is -1.85. The maximum atomic E-state index is 13.0. The van der Waals surface area contributed by atoms with Gasteiger partial charge in [0.25, 0.3) is 0 Å². The van der Waals surface area contributed by atoms with E-state index in [1.54, 1.807) is 4.31 Å². The van der Waals surface area contributed by atoms with Gasteiger partial charge in [0.2, 0.25) is 10.0 Å². The molecule has 0 amide bonds. The zero-order valence-electron chi connectivity index (χ0n) is 15.8. The maximum absolute atomic E-state index is 13.0. The quantitative estimate of drug-likeness (QED) is 0.791. The van der Waals surface area contributed by atoms with E-state index in [1.807, 2.05) is 42.5 Å². The van der Waals surface area contributed by atoms with Gasteiger partial charge in [0.1, 0.15) is 0 Å². The summed E-state index contributed by atoms with van der Waals surface area (Å²) in [7, 11) is -3.41. The van der Waals surface area contributed by atoms with Crippen molar-refractivity contribution >= 4 is 15.7 Å². The highest BCUT2D eigenvalue weighted by Crippen LogP contribution is 2.33. The Kier molecular flexibility index (Phi) is 5.50.